The number of thioether (sulfide) groups is 2. The second-order valence-corrected chi connectivity index (χ2v) is 18.9. The van der Waals surface area contributed by atoms with Crippen LogP contribution in [0.5, 0.6) is 0 Å². The topological polar surface area (TPSA) is 164 Å². The third-order valence-electron chi connectivity index (χ3n) is 8.89. The lowest BCUT2D eigenvalue weighted by atomic mass is 10.1. The fourth-order valence-electron chi connectivity index (χ4n) is 6.20. The Morgan fingerprint density at radius 3 is 1.42 bits per heavy atom. The van der Waals surface area contributed by atoms with Crippen LogP contribution in [0.4, 0.5) is 11.4 Å². The van der Waals surface area contributed by atoms with Gasteiger partial charge in [0.05, 0.1) is 59.2 Å². The number of amides is 2. The van der Waals surface area contributed by atoms with E-state index in [2.05, 4.69) is 9.44 Å². The molecule has 308 valence electrons. The number of nitrogens with zero attached hydrogens (tertiary/aromatic N) is 3. The van der Waals surface area contributed by atoms with Crippen molar-refractivity contribution in [3.8, 4) is 0 Å². The van der Waals surface area contributed by atoms with Crippen molar-refractivity contribution in [2.45, 2.75) is 9.79 Å². The number of benzene rings is 4. The maximum Gasteiger partial charge on any atom is 0.268 e. The summed E-state index contributed by atoms with van der Waals surface area (Å²) in [5.74, 6) is -0.740. The molecule has 4 aromatic carbocycles. The molecule has 14 nitrogen and oxygen atoms in total. The molecular formula is C39H49N5O9S4. The van der Waals surface area contributed by atoms with Gasteiger partial charge in [0.25, 0.3) is 11.8 Å². The molecule has 0 aromatic heterocycles. The highest BCUT2D eigenvalue weighted by molar-refractivity contribution is 8.08. The molecule has 57 heavy (non-hydrogen) atoms. The number of hydrogen-bond donors (Lipinski definition) is 2. The van der Waals surface area contributed by atoms with Crippen LogP contribution < -0.4 is 19.2 Å². The monoisotopic (exact) mass is 859 g/mol. The van der Waals surface area contributed by atoms with Crippen LogP contribution in [-0.2, 0) is 43.8 Å². The molecule has 2 N–H and O–H groups in total. The Balaban J connectivity index is 1.25. The zero-order valence-electron chi connectivity index (χ0n) is 32.6. The summed E-state index contributed by atoms with van der Waals surface area (Å²) in [5.41, 5.74) is 1.76. The number of sulfonamides is 2. The lowest BCUT2D eigenvalue weighted by Gasteiger charge is -2.17. The van der Waals surface area contributed by atoms with Crippen LogP contribution in [0, 0.1) is 0 Å². The Labute approximate surface area is 343 Å². The van der Waals surface area contributed by atoms with Gasteiger partial charge in [-0.2, -0.15) is 0 Å². The number of ether oxygens (including phenoxy) is 3. The SMILES string of the molecule is COCCOCCOCCN1C(=O)C(SCCNS(=O)(=O)c2cccc3c(N(C)C)cccc23)=C(SCCNS(=O)(=O)c2cccc3c(N(C)C)cccc23)C1=O. The van der Waals surface area contributed by atoms with Gasteiger partial charge in [0.2, 0.25) is 20.0 Å². The number of rotatable bonds is 23. The quantitative estimate of drug-likeness (QED) is 0.0811. The number of nitrogens with one attached hydrogen (secondary N) is 2. The van der Waals surface area contributed by atoms with Crippen molar-refractivity contribution in [2.24, 2.45) is 0 Å². The van der Waals surface area contributed by atoms with E-state index in [-0.39, 0.29) is 64.0 Å². The van der Waals surface area contributed by atoms with Gasteiger partial charge in [-0.1, -0.05) is 48.5 Å². The summed E-state index contributed by atoms with van der Waals surface area (Å²) in [4.78, 5) is 32.8. The average molecular weight is 860 g/mol. The third kappa shape index (κ3) is 10.9. The van der Waals surface area contributed by atoms with E-state index in [1.165, 1.54) is 0 Å². The van der Waals surface area contributed by atoms with Crippen molar-refractivity contribution >= 4 is 88.3 Å². The van der Waals surface area contributed by atoms with E-state index in [1.54, 1.807) is 43.5 Å². The first kappa shape index (κ1) is 44.4. The van der Waals surface area contributed by atoms with E-state index in [4.69, 9.17) is 14.2 Å². The number of hydrogen-bond acceptors (Lipinski definition) is 13. The summed E-state index contributed by atoms with van der Waals surface area (Å²) in [6.45, 7) is 1.49. The summed E-state index contributed by atoms with van der Waals surface area (Å²) >= 11 is 2.14. The molecule has 4 aromatic rings. The maximum atomic E-state index is 13.6. The zero-order chi connectivity index (χ0) is 41.2. The van der Waals surface area contributed by atoms with E-state index in [1.807, 2.05) is 74.4 Å². The Morgan fingerprint density at radius 2 is 0.982 bits per heavy atom. The van der Waals surface area contributed by atoms with Crippen LogP contribution in [0.1, 0.15) is 0 Å². The summed E-state index contributed by atoms with van der Waals surface area (Å²) in [6.07, 6.45) is 0. The number of methoxy groups -OCH3 is 1. The molecule has 0 spiro atoms. The summed E-state index contributed by atoms with van der Waals surface area (Å²) < 4.78 is 75.3. The second kappa shape index (κ2) is 20.3. The highest BCUT2D eigenvalue weighted by atomic mass is 32.2. The average Bonchev–Trinajstić information content (AvgIpc) is 3.41. The number of carbonyl (C=O) groups excluding carboxylic acids is 2. The number of carbonyl (C=O) groups is 2. The maximum absolute atomic E-state index is 13.6. The highest BCUT2D eigenvalue weighted by Crippen LogP contribution is 2.37. The molecule has 2 amide bonds. The van der Waals surface area contributed by atoms with E-state index in [0.717, 1.165) is 50.6 Å². The molecule has 0 atom stereocenters. The molecule has 0 saturated carbocycles. The smallest absolute Gasteiger partial charge is 0.268 e. The molecule has 0 fully saturated rings. The van der Waals surface area contributed by atoms with Crippen LogP contribution in [0.15, 0.2) is 92.4 Å². The molecule has 1 heterocycles. The molecular weight excluding hydrogens is 811 g/mol. The molecule has 1 aliphatic heterocycles. The summed E-state index contributed by atoms with van der Waals surface area (Å²) in [6, 6.07) is 21.2. The van der Waals surface area contributed by atoms with Gasteiger partial charge < -0.3 is 24.0 Å². The first-order valence-corrected chi connectivity index (χ1v) is 23.1. The molecule has 0 saturated heterocycles. The van der Waals surface area contributed by atoms with Crippen molar-refractivity contribution in [3.63, 3.8) is 0 Å². The Kier molecular flexibility index (Phi) is 15.8. The minimum absolute atomic E-state index is 0.00481. The van der Waals surface area contributed by atoms with Gasteiger partial charge in [-0.25, -0.2) is 26.3 Å². The largest absolute Gasteiger partial charge is 0.382 e. The van der Waals surface area contributed by atoms with Crippen molar-refractivity contribution in [1.29, 1.82) is 0 Å². The predicted molar refractivity (Wildman–Crippen MR) is 229 cm³/mol. The van der Waals surface area contributed by atoms with Crippen LogP contribution in [0.3, 0.4) is 0 Å². The molecule has 0 radical (unpaired) electrons. The highest BCUT2D eigenvalue weighted by Gasteiger charge is 2.38. The van der Waals surface area contributed by atoms with Gasteiger partial charge in [-0.3, -0.25) is 14.5 Å². The third-order valence-corrected chi connectivity index (χ3v) is 14.2. The summed E-state index contributed by atoms with van der Waals surface area (Å²) in [7, 11) is 1.26. The Morgan fingerprint density at radius 1 is 0.579 bits per heavy atom. The predicted octanol–water partition coefficient (Wildman–Crippen LogP) is 4.11. The van der Waals surface area contributed by atoms with Crippen molar-refractivity contribution in [2.75, 3.05) is 109 Å². The van der Waals surface area contributed by atoms with Gasteiger partial charge >= 0.3 is 0 Å². The fraction of sp³-hybridized carbons (Fsp3) is 0.385. The van der Waals surface area contributed by atoms with Crippen molar-refractivity contribution in [3.05, 3.63) is 82.6 Å². The van der Waals surface area contributed by atoms with Crippen molar-refractivity contribution in [1.82, 2.24) is 14.3 Å². The molecule has 0 bridgehead atoms. The second-order valence-electron chi connectivity index (χ2n) is 13.2. The van der Waals surface area contributed by atoms with Gasteiger partial charge in [0.1, 0.15) is 0 Å². The Hall–Kier alpha value is -3.72. The van der Waals surface area contributed by atoms with E-state index >= 15 is 0 Å². The number of anilines is 2. The molecule has 0 unspecified atom stereocenters. The van der Waals surface area contributed by atoms with Gasteiger partial charge in [0, 0.05) is 92.8 Å². The fourth-order valence-corrected chi connectivity index (χ4v) is 11.0. The van der Waals surface area contributed by atoms with Crippen LogP contribution in [0.25, 0.3) is 21.5 Å². The van der Waals surface area contributed by atoms with E-state index in [9.17, 15) is 26.4 Å². The first-order chi connectivity index (χ1) is 27.3. The minimum Gasteiger partial charge on any atom is -0.382 e. The number of fused-ring (bicyclic) bond motifs is 2. The van der Waals surface area contributed by atoms with Crippen molar-refractivity contribution < 1.29 is 40.6 Å². The normalized spacial score (nSPS) is 13.7. The number of imide groups is 1. The van der Waals surface area contributed by atoms with Gasteiger partial charge in [0.15, 0.2) is 0 Å². The van der Waals surface area contributed by atoms with Crippen LogP contribution in [0.2, 0.25) is 0 Å². The van der Waals surface area contributed by atoms with E-state index in [0.29, 0.717) is 30.6 Å². The standard InChI is InChI=1S/C39H49N5O9S4/c1-42(2)32-14-6-12-30-28(32)10-8-16-34(30)56(47,48)40-18-26-54-36-37(39(46)44(38(36)45)20-21-52-24-25-53-23-22-51-5)55-27-19-41-57(49,50)35-17-9-11-29-31(35)13-7-15-33(29)43(3)4/h6-17,40-41H,18-27H2,1-5H3. The molecule has 1 aliphatic rings. The van der Waals surface area contributed by atoms with Gasteiger partial charge in [-0.15, -0.1) is 23.5 Å². The van der Waals surface area contributed by atoms with Crippen LogP contribution >= 0.6 is 23.5 Å². The lowest BCUT2D eigenvalue weighted by molar-refractivity contribution is -0.138. The van der Waals surface area contributed by atoms with E-state index < -0.39 is 31.9 Å². The zero-order valence-corrected chi connectivity index (χ0v) is 35.9. The molecule has 18 heteroatoms. The van der Waals surface area contributed by atoms with Crippen LogP contribution in [-0.4, -0.2) is 133 Å². The first-order valence-electron chi connectivity index (χ1n) is 18.2. The lowest BCUT2D eigenvalue weighted by Crippen LogP contribution is -2.35. The minimum atomic E-state index is -3.94. The van der Waals surface area contributed by atoms with Gasteiger partial charge in [-0.05, 0) is 24.3 Å². The Bertz CT molecular complexity index is 2170. The summed E-state index contributed by atoms with van der Waals surface area (Å²) in [5, 5.41) is 2.75. The molecule has 0 aliphatic carbocycles. The molecule has 5 rings (SSSR count).